The molecule has 1 atom stereocenters. The summed E-state index contributed by atoms with van der Waals surface area (Å²) in [6.07, 6.45) is 3.18. The van der Waals surface area contributed by atoms with Crippen LogP contribution in [0.3, 0.4) is 0 Å². The molecule has 5 heteroatoms. The second-order valence-electron chi connectivity index (χ2n) is 8.29. The molecular weight excluding hydrogens is 348 g/mol. The normalized spacial score (nSPS) is 13.0. The Bertz CT molecular complexity index is 775. The lowest BCUT2D eigenvalue weighted by molar-refractivity contribution is 0.0694. The first kappa shape index (κ1) is 20.5. The van der Waals surface area contributed by atoms with E-state index in [2.05, 4.69) is 27.7 Å². The Kier molecular flexibility index (Phi) is 6.51. The van der Waals surface area contributed by atoms with Crippen molar-refractivity contribution in [1.82, 2.24) is 9.78 Å². The van der Waals surface area contributed by atoms with Crippen molar-refractivity contribution >= 4 is 17.6 Å². The van der Waals surface area contributed by atoms with Gasteiger partial charge in [-0.3, -0.25) is 0 Å². The molecule has 4 nitrogen and oxygen atoms in total. The van der Waals surface area contributed by atoms with Gasteiger partial charge in [-0.25, -0.2) is 9.48 Å². The highest BCUT2D eigenvalue weighted by molar-refractivity contribution is 6.30. The van der Waals surface area contributed by atoms with Crippen molar-refractivity contribution in [3.63, 3.8) is 0 Å². The Hall–Kier alpha value is -1.81. The Labute approximate surface area is 161 Å². The fraction of sp³-hybridized carbons (Fsp3) is 0.524. The van der Waals surface area contributed by atoms with E-state index >= 15 is 0 Å². The summed E-state index contributed by atoms with van der Waals surface area (Å²) in [5.41, 5.74) is 2.77. The monoisotopic (exact) mass is 376 g/mol. The van der Waals surface area contributed by atoms with Gasteiger partial charge in [0.15, 0.2) is 0 Å². The lowest BCUT2D eigenvalue weighted by atomic mass is 9.83. The number of hydrogen-bond acceptors (Lipinski definition) is 2. The minimum Gasteiger partial charge on any atom is -0.478 e. The highest BCUT2D eigenvalue weighted by atomic mass is 35.5. The number of carboxylic acids is 1. The standard InChI is InChI=1S/C21H29ClN2O2/c1-6-8-18-19(20(25)26)17(11-14(2)13-21(3,4)5)23-24(18)16-10-7-9-15(22)12-16/h7,9-10,12,14H,6,8,11,13H2,1-5H3,(H,25,26). The van der Waals surface area contributed by atoms with E-state index in [4.69, 9.17) is 16.7 Å². The van der Waals surface area contributed by atoms with Crippen LogP contribution in [0.15, 0.2) is 24.3 Å². The summed E-state index contributed by atoms with van der Waals surface area (Å²) >= 11 is 6.13. The van der Waals surface area contributed by atoms with E-state index in [0.29, 0.717) is 35.0 Å². The maximum Gasteiger partial charge on any atom is 0.339 e. The molecule has 0 bridgehead atoms. The Morgan fingerprint density at radius 1 is 1.35 bits per heavy atom. The van der Waals surface area contributed by atoms with E-state index in [9.17, 15) is 9.90 Å². The molecular formula is C21H29ClN2O2. The van der Waals surface area contributed by atoms with Gasteiger partial charge in [-0.15, -0.1) is 0 Å². The predicted octanol–water partition coefficient (Wildman–Crippen LogP) is 5.79. The lowest BCUT2D eigenvalue weighted by Gasteiger charge is -2.22. The fourth-order valence-corrected chi connectivity index (χ4v) is 3.81. The Balaban J connectivity index is 2.51. The number of aromatic nitrogens is 2. The molecule has 0 spiro atoms. The molecule has 2 rings (SSSR count). The number of nitrogens with zero attached hydrogens (tertiary/aromatic N) is 2. The topological polar surface area (TPSA) is 55.1 Å². The largest absolute Gasteiger partial charge is 0.478 e. The first-order valence-electron chi connectivity index (χ1n) is 9.22. The summed E-state index contributed by atoms with van der Waals surface area (Å²) in [6.45, 7) is 10.8. The van der Waals surface area contributed by atoms with E-state index in [1.165, 1.54) is 0 Å². The first-order chi connectivity index (χ1) is 12.1. The van der Waals surface area contributed by atoms with Crippen molar-refractivity contribution < 1.29 is 9.90 Å². The number of aromatic carboxylic acids is 1. The van der Waals surface area contributed by atoms with Crippen LogP contribution in [0.25, 0.3) is 5.69 Å². The molecule has 1 aromatic heterocycles. The van der Waals surface area contributed by atoms with Crippen molar-refractivity contribution in [2.24, 2.45) is 11.3 Å². The molecule has 0 saturated carbocycles. The average Bonchev–Trinajstić information content (AvgIpc) is 2.84. The second-order valence-corrected chi connectivity index (χ2v) is 8.73. The second kappa shape index (κ2) is 8.26. The molecule has 0 amide bonds. The van der Waals surface area contributed by atoms with Crippen LogP contribution in [-0.2, 0) is 12.8 Å². The van der Waals surface area contributed by atoms with E-state index in [1.54, 1.807) is 10.7 Å². The summed E-state index contributed by atoms with van der Waals surface area (Å²) in [5, 5.41) is 15.2. The zero-order valence-corrected chi connectivity index (χ0v) is 17.1. The predicted molar refractivity (Wildman–Crippen MR) is 106 cm³/mol. The van der Waals surface area contributed by atoms with Crippen molar-refractivity contribution in [2.45, 2.75) is 60.3 Å². The molecule has 0 aliphatic heterocycles. The van der Waals surface area contributed by atoms with Crippen LogP contribution in [-0.4, -0.2) is 20.9 Å². The van der Waals surface area contributed by atoms with Gasteiger partial charge in [0.25, 0.3) is 0 Å². The molecule has 1 unspecified atom stereocenters. The van der Waals surface area contributed by atoms with Gasteiger partial charge >= 0.3 is 5.97 Å². The van der Waals surface area contributed by atoms with Crippen molar-refractivity contribution in [1.29, 1.82) is 0 Å². The van der Waals surface area contributed by atoms with E-state index in [1.807, 2.05) is 25.1 Å². The number of carbonyl (C=O) groups is 1. The summed E-state index contributed by atoms with van der Waals surface area (Å²) in [4.78, 5) is 12.0. The minimum atomic E-state index is -0.903. The summed E-state index contributed by atoms with van der Waals surface area (Å²) in [7, 11) is 0. The lowest BCUT2D eigenvalue weighted by Crippen LogP contribution is -2.14. The fourth-order valence-electron chi connectivity index (χ4n) is 3.63. The number of benzene rings is 1. The van der Waals surface area contributed by atoms with Gasteiger partial charge in [0.05, 0.1) is 17.1 Å². The van der Waals surface area contributed by atoms with Crippen LogP contribution in [0.1, 0.15) is 69.2 Å². The van der Waals surface area contributed by atoms with Crippen LogP contribution >= 0.6 is 11.6 Å². The molecule has 0 aliphatic rings. The zero-order valence-electron chi connectivity index (χ0n) is 16.3. The van der Waals surface area contributed by atoms with Gasteiger partial charge in [0.1, 0.15) is 5.56 Å². The van der Waals surface area contributed by atoms with Crippen LogP contribution in [0.2, 0.25) is 5.02 Å². The molecule has 0 radical (unpaired) electrons. The van der Waals surface area contributed by atoms with E-state index in [0.717, 1.165) is 24.2 Å². The number of hydrogen-bond donors (Lipinski definition) is 1. The molecule has 26 heavy (non-hydrogen) atoms. The molecule has 1 heterocycles. The Morgan fingerprint density at radius 3 is 2.58 bits per heavy atom. The summed E-state index contributed by atoms with van der Waals surface area (Å²) in [5.74, 6) is -0.551. The molecule has 142 valence electrons. The average molecular weight is 377 g/mol. The highest BCUT2D eigenvalue weighted by Crippen LogP contribution is 2.29. The third-order valence-electron chi connectivity index (χ3n) is 4.31. The first-order valence-corrected chi connectivity index (χ1v) is 9.60. The number of carboxylic acid groups (broad SMARTS) is 1. The van der Waals surface area contributed by atoms with Crippen LogP contribution < -0.4 is 0 Å². The maximum absolute atomic E-state index is 12.0. The minimum absolute atomic E-state index is 0.199. The highest BCUT2D eigenvalue weighted by Gasteiger charge is 2.26. The quantitative estimate of drug-likeness (QED) is 0.665. The molecule has 0 aliphatic carbocycles. The molecule has 0 fully saturated rings. The third-order valence-corrected chi connectivity index (χ3v) is 4.54. The van der Waals surface area contributed by atoms with Gasteiger partial charge in [-0.2, -0.15) is 5.10 Å². The van der Waals surface area contributed by atoms with Gasteiger partial charge in [0.2, 0.25) is 0 Å². The zero-order chi connectivity index (χ0) is 19.5. The van der Waals surface area contributed by atoms with E-state index < -0.39 is 5.97 Å². The van der Waals surface area contributed by atoms with Crippen LogP contribution in [0.4, 0.5) is 0 Å². The third kappa shape index (κ3) is 5.10. The summed E-state index contributed by atoms with van der Waals surface area (Å²) in [6, 6.07) is 7.39. The molecule has 1 aromatic carbocycles. The maximum atomic E-state index is 12.0. The smallest absolute Gasteiger partial charge is 0.339 e. The van der Waals surface area contributed by atoms with Gasteiger partial charge < -0.3 is 5.11 Å². The Morgan fingerprint density at radius 2 is 2.04 bits per heavy atom. The van der Waals surface area contributed by atoms with Crippen LogP contribution in [0.5, 0.6) is 0 Å². The molecule has 0 saturated heterocycles. The van der Waals surface area contributed by atoms with Crippen molar-refractivity contribution in [2.75, 3.05) is 0 Å². The number of halogens is 1. The summed E-state index contributed by atoms with van der Waals surface area (Å²) < 4.78 is 1.76. The SMILES string of the molecule is CCCc1c(C(=O)O)c(CC(C)CC(C)(C)C)nn1-c1cccc(Cl)c1. The molecule has 1 N–H and O–H groups in total. The number of rotatable bonds is 7. The van der Waals surface area contributed by atoms with E-state index in [-0.39, 0.29) is 5.41 Å². The van der Waals surface area contributed by atoms with Crippen molar-refractivity contribution in [3.05, 3.63) is 46.2 Å². The molecule has 2 aromatic rings. The van der Waals surface area contributed by atoms with Crippen molar-refractivity contribution in [3.8, 4) is 5.69 Å². The van der Waals surface area contributed by atoms with Gasteiger partial charge in [-0.05, 0) is 48.8 Å². The van der Waals surface area contributed by atoms with Gasteiger partial charge in [0, 0.05) is 5.02 Å². The van der Waals surface area contributed by atoms with Crippen LogP contribution in [0, 0.1) is 11.3 Å². The van der Waals surface area contributed by atoms with Gasteiger partial charge in [-0.1, -0.05) is 58.7 Å².